The monoisotopic (exact) mass is 364 g/mol. The maximum atomic E-state index is 12.6. The number of anilines is 1. The molecule has 1 amide bonds. The van der Waals surface area contributed by atoms with Gasteiger partial charge < -0.3 is 14.5 Å². The van der Waals surface area contributed by atoms with Gasteiger partial charge in [-0.3, -0.25) is 4.79 Å². The number of amides is 1. The number of benzene rings is 2. The number of methoxy groups -OCH3 is 1. The first kappa shape index (κ1) is 19.0. The molecule has 27 heavy (non-hydrogen) atoms. The van der Waals surface area contributed by atoms with Crippen LogP contribution < -0.4 is 9.64 Å². The van der Waals surface area contributed by atoms with Crippen LogP contribution in [-0.2, 0) is 11.3 Å². The summed E-state index contributed by atoms with van der Waals surface area (Å²) in [7, 11) is 3.49. The fourth-order valence-electron chi connectivity index (χ4n) is 3.46. The molecular weight excluding hydrogens is 336 g/mol. The van der Waals surface area contributed by atoms with Crippen LogP contribution in [0.1, 0.15) is 30.4 Å². The molecule has 2 aromatic carbocycles. The van der Waals surface area contributed by atoms with Gasteiger partial charge >= 0.3 is 0 Å². The van der Waals surface area contributed by atoms with Crippen molar-refractivity contribution >= 4 is 17.7 Å². The molecule has 1 aliphatic rings. The first-order chi connectivity index (χ1) is 13.2. The van der Waals surface area contributed by atoms with Gasteiger partial charge in [-0.25, -0.2) is 0 Å². The summed E-state index contributed by atoms with van der Waals surface area (Å²) in [5.41, 5.74) is 3.41. The third-order valence-corrected chi connectivity index (χ3v) is 4.98. The van der Waals surface area contributed by atoms with Crippen molar-refractivity contribution in [2.24, 2.45) is 0 Å². The lowest BCUT2D eigenvalue weighted by Gasteiger charge is -2.31. The molecule has 0 spiro atoms. The van der Waals surface area contributed by atoms with Crippen LogP contribution in [0.3, 0.4) is 0 Å². The number of nitrogens with zero attached hydrogens (tertiary/aromatic N) is 2. The fraction of sp³-hybridized carbons (Fsp3) is 0.348. The Morgan fingerprint density at radius 3 is 2.67 bits per heavy atom. The summed E-state index contributed by atoms with van der Waals surface area (Å²) in [5, 5.41) is 0. The van der Waals surface area contributed by atoms with E-state index in [9.17, 15) is 4.79 Å². The third kappa shape index (κ3) is 5.13. The molecular formula is C23H28N2O2. The summed E-state index contributed by atoms with van der Waals surface area (Å²) in [6, 6.07) is 16.1. The van der Waals surface area contributed by atoms with E-state index >= 15 is 0 Å². The molecule has 4 nitrogen and oxygen atoms in total. The maximum Gasteiger partial charge on any atom is 0.246 e. The molecule has 1 aliphatic heterocycles. The maximum absolute atomic E-state index is 12.6. The average Bonchev–Trinajstić information content (AvgIpc) is 2.73. The van der Waals surface area contributed by atoms with Crippen LogP contribution in [0, 0.1) is 0 Å². The van der Waals surface area contributed by atoms with Crippen LogP contribution in [0.25, 0.3) is 6.08 Å². The predicted molar refractivity (Wildman–Crippen MR) is 111 cm³/mol. The van der Waals surface area contributed by atoms with Gasteiger partial charge in [0.25, 0.3) is 0 Å². The van der Waals surface area contributed by atoms with Gasteiger partial charge in [0.05, 0.1) is 7.11 Å². The molecule has 0 N–H and O–H groups in total. The Balaban J connectivity index is 1.67. The Morgan fingerprint density at radius 2 is 1.89 bits per heavy atom. The summed E-state index contributed by atoms with van der Waals surface area (Å²) in [5.74, 6) is 0.777. The van der Waals surface area contributed by atoms with E-state index in [1.807, 2.05) is 43.5 Å². The van der Waals surface area contributed by atoms with E-state index in [4.69, 9.17) is 4.74 Å². The van der Waals surface area contributed by atoms with Gasteiger partial charge in [-0.15, -0.1) is 0 Å². The quantitative estimate of drug-likeness (QED) is 0.714. The van der Waals surface area contributed by atoms with Crippen molar-refractivity contribution in [3.63, 3.8) is 0 Å². The number of para-hydroxylation sites is 1. The Hall–Kier alpha value is -2.75. The normalized spacial score (nSPS) is 14.4. The van der Waals surface area contributed by atoms with Crippen molar-refractivity contribution in [2.75, 3.05) is 32.1 Å². The van der Waals surface area contributed by atoms with Gasteiger partial charge in [0.15, 0.2) is 0 Å². The molecule has 2 aromatic rings. The number of hydrogen-bond donors (Lipinski definition) is 0. The van der Waals surface area contributed by atoms with Crippen molar-refractivity contribution in [1.29, 1.82) is 0 Å². The third-order valence-electron chi connectivity index (χ3n) is 4.98. The molecule has 0 saturated carbocycles. The van der Waals surface area contributed by atoms with Gasteiger partial charge in [-0.2, -0.15) is 0 Å². The summed E-state index contributed by atoms with van der Waals surface area (Å²) >= 11 is 0. The molecule has 0 aliphatic carbocycles. The lowest BCUT2D eigenvalue weighted by atomic mass is 10.1. The first-order valence-electron chi connectivity index (χ1n) is 9.57. The summed E-state index contributed by atoms with van der Waals surface area (Å²) in [4.78, 5) is 16.8. The van der Waals surface area contributed by atoms with Crippen molar-refractivity contribution in [3.8, 4) is 5.75 Å². The number of carbonyl (C=O) groups is 1. The minimum absolute atomic E-state index is 0.00809. The molecule has 0 radical (unpaired) electrons. The highest BCUT2D eigenvalue weighted by molar-refractivity contribution is 5.91. The minimum Gasteiger partial charge on any atom is -0.497 e. The van der Waals surface area contributed by atoms with E-state index in [1.165, 1.54) is 30.5 Å². The Bertz CT molecular complexity index is 794. The number of likely N-dealkylation sites (N-methyl/N-ethyl adjacent to an activating group) is 1. The highest BCUT2D eigenvalue weighted by atomic mass is 16.5. The molecule has 1 fully saturated rings. The van der Waals surface area contributed by atoms with Gasteiger partial charge in [0.1, 0.15) is 5.75 Å². The Kier molecular flexibility index (Phi) is 6.53. The smallest absolute Gasteiger partial charge is 0.246 e. The van der Waals surface area contributed by atoms with Crippen molar-refractivity contribution < 1.29 is 9.53 Å². The Morgan fingerprint density at radius 1 is 1.11 bits per heavy atom. The lowest BCUT2D eigenvalue weighted by molar-refractivity contribution is -0.125. The largest absolute Gasteiger partial charge is 0.497 e. The topological polar surface area (TPSA) is 32.8 Å². The molecule has 0 aromatic heterocycles. The van der Waals surface area contributed by atoms with E-state index in [1.54, 1.807) is 18.1 Å². The zero-order chi connectivity index (χ0) is 19.1. The minimum atomic E-state index is -0.00809. The van der Waals surface area contributed by atoms with Crippen molar-refractivity contribution in [3.05, 3.63) is 65.7 Å². The highest BCUT2D eigenvalue weighted by Crippen LogP contribution is 2.25. The predicted octanol–water partition coefficient (Wildman–Crippen LogP) is 4.36. The average molecular weight is 364 g/mol. The summed E-state index contributed by atoms with van der Waals surface area (Å²) < 4.78 is 5.23. The standard InChI is InChI=1S/C23H28N2O2/c1-24(23(26)14-13-19-9-8-11-21(17-19)27-2)18-20-10-4-5-12-22(20)25-15-6-3-7-16-25/h4-5,8-14,17H,3,6-7,15-16,18H2,1-2H3/b14-13+. The van der Waals surface area contributed by atoms with E-state index in [-0.39, 0.29) is 5.91 Å². The number of piperidine rings is 1. The van der Waals surface area contributed by atoms with Crippen LogP contribution in [0.4, 0.5) is 5.69 Å². The van der Waals surface area contributed by atoms with E-state index < -0.39 is 0 Å². The number of rotatable bonds is 6. The van der Waals surface area contributed by atoms with Gasteiger partial charge in [0, 0.05) is 38.4 Å². The number of carbonyl (C=O) groups excluding carboxylic acids is 1. The van der Waals surface area contributed by atoms with E-state index in [2.05, 4.69) is 23.1 Å². The molecule has 0 unspecified atom stereocenters. The van der Waals surface area contributed by atoms with Crippen LogP contribution >= 0.6 is 0 Å². The molecule has 4 heteroatoms. The zero-order valence-corrected chi connectivity index (χ0v) is 16.2. The lowest BCUT2D eigenvalue weighted by Crippen LogP contribution is -2.31. The fourth-order valence-corrected chi connectivity index (χ4v) is 3.46. The summed E-state index contributed by atoms with van der Waals surface area (Å²) in [6.45, 7) is 2.81. The molecule has 1 saturated heterocycles. The number of ether oxygens (including phenoxy) is 1. The molecule has 142 valence electrons. The van der Waals surface area contributed by atoms with Crippen LogP contribution in [0.15, 0.2) is 54.6 Å². The Labute approximate surface area is 162 Å². The second-order valence-electron chi connectivity index (χ2n) is 6.98. The van der Waals surface area contributed by atoms with Gasteiger partial charge in [0.2, 0.25) is 5.91 Å². The van der Waals surface area contributed by atoms with Gasteiger partial charge in [-0.05, 0) is 54.7 Å². The summed E-state index contributed by atoms with van der Waals surface area (Å²) in [6.07, 6.45) is 7.25. The second-order valence-corrected chi connectivity index (χ2v) is 6.98. The zero-order valence-electron chi connectivity index (χ0n) is 16.2. The van der Waals surface area contributed by atoms with Crippen molar-refractivity contribution in [1.82, 2.24) is 4.90 Å². The molecule has 3 rings (SSSR count). The van der Waals surface area contributed by atoms with Crippen LogP contribution in [0.2, 0.25) is 0 Å². The second kappa shape index (κ2) is 9.26. The first-order valence-corrected chi connectivity index (χ1v) is 9.57. The SMILES string of the molecule is COc1cccc(/C=C/C(=O)N(C)Cc2ccccc2N2CCCCC2)c1. The van der Waals surface area contributed by atoms with Gasteiger partial charge in [-0.1, -0.05) is 30.3 Å². The molecule has 1 heterocycles. The van der Waals surface area contributed by atoms with E-state index in [0.29, 0.717) is 6.54 Å². The highest BCUT2D eigenvalue weighted by Gasteiger charge is 2.16. The van der Waals surface area contributed by atoms with Crippen LogP contribution in [-0.4, -0.2) is 38.1 Å². The molecule has 0 atom stereocenters. The van der Waals surface area contributed by atoms with Crippen LogP contribution in [0.5, 0.6) is 5.75 Å². The molecule has 0 bridgehead atoms. The van der Waals surface area contributed by atoms with E-state index in [0.717, 1.165) is 24.4 Å². The number of hydrogen-bond acceptors (Lipinski definition) is 3. The van der Waals surface area contributed by atoms with Crippen molar-refractivity contribution in [2.45, 2.75) is 25.8 Å².